The van der Waals surface area contributed by atoms with Gasteiger partial charge in [-0.1, -0.05) is 0 Å². The summed E-state index contributed by atoms with van der Waals surface area (Å²) in [6, 6.07) is 6.42. The fourth-order valence-corrected chi connectivity index (χ4v) is 4.50. The highest BCUT2D eigenvalue weighted by atomic mass is 127. The zero-order chi connectivity index (χ0) is 14.8. The largest absolute Gasteiger partial charge is 0.444 e. The number of hydrogen-bond acceptors (Lipinski definition) is 5. The van der Waals surface area contributed by atoms with Crippen LogP contribution in [0.2, 0.25) is 0 Å². The van der Waals surface area contributed by atoms with E-state index < -0.39 is 5.60 Å². The van der Waals surface area contributed by atoms with E-state index >= 15 is 0 Å². The number of nitrogens with one attached hydrogen (secondary N) is 1. The molecule has 7 heteroatoms. The van der Waals surface area contributed by atoms with Crippen molar-refractivity contribution in [2.75, 3.05) is 13.1 Å². The molecule has 0 saturated heterocycles. The third kappa shape index (κ3) is 5.01. The molecule has 0 aromatic heterocycles. The molecule has 110 valence electrons. The summed E-state index contributed by atoms with van der Waals surface area (Å²) in [5.74, 6) is 0. The van der Waals surface area contributed by atoms with Gasteiger partial charge >= 0.3 is 6.09 Å². The molecule has 0 spiro atoms. The van der Waals surface area contributed by atoms with E-state index in [9.17, 15) is 4.79 Å². The topological polar surface area (TPSA) is 41.6 Å². The van der Waals surface area contributed by atoms with E-state index in [1.54, 1.807) is 23.9 Å². The van der Waals surface area contributed by atoms with Crippen LogP contribution in [0.4, 0.5) is 4.79 Å². The molecular formula is C13H17IN2O2S2. The lowest BCUT2D eigenvalue weighted by Gasteiger charge is -2.20. The van der Waals surface area contributed by atoms with E-state index in [1.807, 2.05) is 20.8 Å². The van der Waals surface area contributed by atoms with Crippen molar-refractivity contribution >= 4 is 52.6 Å². The van der Waals surface area contributed by atoms with Crippen LogP contribution in [0.1, 0.15) is 20.8 Å². The molecule has 20 heavy (non-hydrogen) atoms. The van der Waals surface area contributed by atoms with Crippen LogP contribution in [0.3, 0.4) is 0 Å². The van der Waals surface area contributed by atoms with Gasteiger partial charge in [-0.05, 0) is 85.5 Å². The maximum Gasteiger partial charge on any atom is 0.407 e. The molecule has 1 amide bonds. The van der Waals surface area contributed by atoms with Gasteiger partial charge in [0, 0.05) is 26.5 Å². The first kappa shape index (κ1) is 16.3. The molecule has 0 bridgehead atoms. The van der Waals surface area contributed by atoms with Crippen molar-refractivity contribution in [2.24, 2.45) is 0 Å². The number of rotatable bonds is 3. The highest BCUT2D eigenvalue weighted by Gasteiger charge is 2.22. The smallest absolute Gasteiger partial charge is 0.407 e. The quantitative estimate of drug-likeness (QED) is 0.584. The van der Waals surface area contributed by atoms with Gasteiger partial charge in [0.25, 0.3) is 0 Å². The molecule has 0 atom stereocenters. The number of hydrogen-bond donors (Lipinski definition) is 1. The predicted octanol–water partition coefficient (Wildman–Crippen LogP) is 4.15. The van der Waals surface area contributed by atoms with Gasteiger partial charge in [0.05, 0.1) is 0 Å². The summed E-state index contributed by atoms with van der Waals surface area (Å²) in [4.78, 5) is 14.1. The van der Waals surface area contributed by atoms with Crippen LogP contribution in [-0.4, -0.2) is 28.5 Å². The van der Waals surface area contributed by atoms with Crippen molar-refractivity contribution < 1.29 is 9.53 Å². The van der Waals surface area contributed by atoms with Crippen LogP contribution in [0, 0.1) is 3.57 Å². The highest BCUT2D eigenvalue weighted by Crippen LogP contribution is 2.46. The van der Waals surface area contributed by atoms with Crippen molar-refractivity contribution in [3.05, 3.63) is 21.8 Å². The maximum atomic E-state index is 11.5. The number of nitrogens with zero attached hydrogens (tertiary/aromatic N) is 1. The van der Waals surface area contributed by atoms with Crippen molar-refractivity contribution in [1.29, 1.82) is 0 Å². The zero-order valence-electron chi connectivity index (χ0n) is 11.6. The lowest BCUT2D eigenvalue weighted by molar-refractivity contribution is 0.0528. The van der Waals surface area contributed by atoms with E-state index in [1.165, 1.54) is 13.4 Å². The minimum absolute atomic E-state index is 0.362. The molecule has 1 aromatic rings. The van der Waals surface area contributed by atoms with E-state index in [-0.39, 0.29) is 6.09 Å². The van der Waals surface area contributed by atoms with Crippen LogP contribution < -0.4 is 5.32 Å². The molecule has 1 aliphatic rings. The number of fused-ring (bicyclic) bond motifs is 1. The van der Waals surface area contributed by atoms with Crippen molar-refractivity contribution in [2.45, 2.75) is 36.2 Å². The highest BCUT2D eigenvalue weighted by molar-refractivity contribution is 14.1. The Balaban J connectivity index is 1.74. The first-order chi connectivity index (χ1) is 9.33. The van der Waals surface area contributed by atoms with Crippen molar-refractivity contribution in [3.63, 3.8) is 0 Å². The summed E-state index contributed by atoms with van der Waals surface area (Å²) >= 11 is 5.74. The first-order valence-electron chi connectivity index (χ1n) is 6.23. The summed E-state index contributed by atoms with van der Waals surface area (Å²) in [5.41, 5.74) is -0.450. The zero-order valence-corrected chi connectivity index (χ0v) is 15.4. The number of alkyl carbamates (subject to hydrolysis) is 1. The first-order valence-corrected chi connectivity index (χ1v) is 8.86. The summed E-state index contributed by atoms with van der Waals surface area (Å²) < 4.78 is 8.60. The Morgan fingerprint density at radius 3 is 2.75 bits per heavy atom. The molecule has 1 aliphatic heterocycles. The third-order valence-electron chi connectivity index (χ3n) is 2.27. The number of benzene rings is 1. The fraction of sp³-hybridized carbons (Fsp3) is 0.462. The van der Waals surface area contributed by atoms with Crippen molar-refractivity contribution in [1.82, 2.24) is 9.03 Å². The monoisotopic (exact) mass is 424 g/mol. The average molecular weight is 424 g/mol. The Morgan fingerprint density at radius 2 is 2.05 bits per heavy atom. The van der Waals surface area contributed by atoms with Crippen LogP contribution in [0.5, 0.6) is 0 Å². The van der Waals surface area contributed by atoms with Crippen LogP contribution in [-0.2, 0) is 4.74 Å². The van der Waals surface area contributed by atoms with Crippen LogP contribution >= 0.6 is 46.5 Å². The summed E-state index contributed by atoms with van der Waals surface area (Å²) in [7, 11) is 0. The standard InChI is InChI=1S/C13H17IN2O2S2/c1-13(2,3)18-12(17)15-6-7-16-19-10-5-4-9(14)8-11(10)20-16/h4-5,8H,6-7H2,1-3H3,(H,15,17). The van der Waals surface area contributed by atoms with Gasteiger partial charge in [-0.2, -0.15) is 3.71 Å². The Labute approximate surface area is 141 Å². The minimum atomic E-state index is -0.450. The molecule has 2 rings (SSSR count). The van der Waals surface area contributed by atoms with E-state index in [2.05, 4.69) is 49.8 Å². The van der Waals surface area contributed by atoms with Gasteiger partial charge in [-0.3, -0.25) is 0 Å². The van der Waals surface area contributed by atoms with Gasteiger partial charge in [-0.15, -0.1) is 0 Å². The van der Waals surface area contributed by atoms with E-state index in [0.29, 0.717) is 6.54 Å². The second-order valence-electron chi connectivity index (χ2n) is 5.26. The second kappa shape index (κ2) is 6.76. The molecule has 1 heterocycles. The number of carbonyl (C=O) groups is 1. The van der Waals surface area contributed by atoms with Gasteiger partial charge in [0.1, 0.15) is 5.60 Å². The Bertz CT molecular complexity index is 506. The third-order valence-corrected chi connectivity index (χ3v) is 5.38. The predicted molar refractivity (Wildman–Crippen MR) is 91.8 cm³/mol. The summed E-state index contributed by atoms with van der Waals surface area (Å²) in [5, 5.41) is 2.77. The normalized spacial score (nSPS) is 15.0. The molecule has 0 unspecified atom stereocenters. The molecule has 4 nitrogen and oxygen atoms in total. The number of ether oxygens (including phenoxy) is 1. The molecule has 1 N–H and O–H groups in total. The molecule has 0 saturated carbocycles. The van der Waals surface area contributed by atoms with Gasteiger partial charge < -0.3 is 10.1 Å². The second-order valence-corrected chi connectivity index (χ2v) is 8.86. The molecular weight excluding hydrogens is 407 g/mol. The van der Waals surface area contributed by atoms with Crippen LogP contribution in [0.15, 0.2) is 28.0 Å². The lowest BCUT2D eigenvalue weighted by Crippen LogP contribution is -2.35. The average Bonchev–Trinajstić information content (AvgIpc) is 2.68. The molecule has 0 aliphatic carbocycles. The van der Waals surface area contributed by atoms with E-state index in [4.69, 9.17) is 4.74 Å². The Kier molecular flexibility index (Phi) is 5.49. The number of amides is 1. The Morgan fingerprint density at radius 1 is 1.35 bits per heavy atom. The maximum absolute atomic E-state index is 11.5. The number of carbonyl (C=O) groups excluding carboxylic acids is 1. The Hall–Kier alpha value is -0.120. The van der Waals surface area contributed by atoms with E-state index in [0.717, 1.165) is 6.54 Å². The minimum Gasteiger partial charge on any atom is -0.444 e. The summed E-state index contributed by atoms with van der Waals surface area (Å²) in [6.07, 6.45) is -0.362. The van der Waals surface area contributed by atoms with Crippen molar-refractivity contribution in [3.8, 4) is 0 Å². The molecule has 0 radical (unpaired) electrons. The lowest BCUT2D eigenvalue weighted by atomic mass is 10.2. The van der Waals surface area contributed by atoms with Gasteiger partial charge in [-0.25, -0.2) is 4.79 Å². The number of halogens is 1. The SMILES string of the molecule is CC(C)(C)OC(=O)NCCN1Sc2ccc(I)cc2S1. The summed E-state index contributed by atoms with van der Waals surface area (Å²) in [6.45, 7) is 6.91. The van der Waals surface area contributed by atoms with Gasteiger partial charge in [0.2, 0.25) is 0 Å². The molecule has 0 fully saturated rings. The fourth-order valence-electron chi connectivity index (χ4n) is 1.52. The molecule has 1 aromatic carbocycles. The van der Waals surface area contributed by atoms with Gasteiger partial charge in [0.15, 0.2) is 0 Å². The van der Waals surface area contributed by atoms with Crippen LogP contribution in [0.25, 0.3) is 0 Å².